The highest BCUT2D eigenvalue weighted by Gasteiger charge is 2.06. The molecule has 0 aliphatic carbocycles. The van der Waals surface area contributed by atoms with Gasteiger partial charge in [0.05, 0.1) is 6.26 Å². The second-order valence-electron chi connectivity index (χ2n) is 4.83. The number of ether oxygens (including phenoxy) is 1. The Morgan fingerprint density at radius 3 is 2.60 bits per heavy atom. The zero-order valence-electron chi connectivity index (χ0n) is 12.3. The van der Waals surface area contributed by atoms with Crippen molar-refractivity contribution in [2.24, 2.45) is 0 Å². The minimum absolute atomic E-state index is 0.474. The van der Waals surface area contributed by atoms with Gasteiger partial charge in [0.2, 0.25) is 0 Å². The van der Waals surface area contributed by atoms with Gasteiger partial charge in [0.15, 0.2) is 0 Å². The van der Waals surface area contributed by atoms with Crippen LogP contribution in [0.3, 0.4) is 0 Å². The first-order valence-electron chi connectivity index (χ1n) is 7.31. The van der Waals surface area contributed by atoms with Crippen molar-refractivity contribution in [2.75, 3.05) is 6.54 Å². The molecule has 3 nitrogen and oxygen atoms in total. The van der Waals surface area contributed by atoms with E-state index in [9.17, 15) is 0 Å². The molecule has 1 heterocycles. The highest BCUT2D eigenvalue weighted by atomic mass is 16.5. The number of nitrogens with one attached hydrogen (secondary N) is 1. The molecule has 1 N–H and O–H groups in total. The number of rotatable bonds is 8. The van der Waals surface area contributed by atoms with Crippen LogP contribution in [0.4, 0.5) is 0 Å². The molecule has 2 rings (SSSR count). The first-order valence-corrected chi connectivity index (χ1v) is 7.31. The van der Waals surface area contributed by atoms with E-state index < -0.39 is 0 Å². The Kier molecular flexibility index (Phi) is 5.69. The van der Waals surface area contributed by atoms with E-state index in [-0.39, 0.29) is 0 Å². The van der Waals surface area contributed by atoms with Crippen molar-refractivity contribution in [3.05, 3.63) is 53.5 Å². The first kappa shape index (κ1) is 14.7. The van der Waals surface area contributed by atoms with Crippen LogP contribution in [0.5, 0.6) is 5.75 Å². The molecule has 0 amide bonds. The third kappa shape index (κ3) is 4.14. The largest absolute Gasteiger partial charge is 0.486 e. The summed E-state index contributed by atoms with van der Waals surface area (Å²) in [7, 11) is 0. The molecule has 3 heteroatoms. The first-order chi connectivity index (χ1) is 9.83. The van der Waals surface area contributed by atoms with Crippen LogP contribution in [0.15, 0.2) is 41.0 Å². The van der Waals surface area contributed by atoms with Crippen molar-refractivity contribution >= 4 is 0 Å². The molecular formula is C17H23NO2. The molecule has 20 heavy (non-hydrogen) atoms. The number of hydrogen-bond acceptors (Lipinski definition) is 3. The van der Waals surface area contributed by atoms with Crippen molar-refractivity contribution in [3.63, 3.8) is 0 Å². The second-order valence-corrected chi connectivity index (χ2v) is 4.83. The van der Waals surface area contributed by atoms with Crippen molar-refractivity contribution in [1.82, 2.24) is 5.32 Å². The van der Waals surface area contributed by atoms with Crippen LogP contribution in [-0.2, 0) is 19.6 Å². The molecule has 1 aromatic carbocycles. The normalized spacial score (nSPS) is 10.7. The third-order valence-corrected chi connectivity index (χ3v) is 3.28. The zero-order valence-corrected chi connectivity index (χ0v) is 12.3. The fourth-order valence-electron chi connectivity index (χ4n) is 2.02. The molecule has 0 bridgehead atoms. The second kappa shape index (κ2) is 7.75. The highest BCUT2D eigenvalue weighted by Crippen LogP contribution is 2.17. The van der Waals surface area contributed by atoms with Gasteiger partial charge in [0.1, 0.15) is 18.1 Å². The summed E-state index contributed by atoms with van der Waals surface area (Å²) in [6.07, 6.45) is 3.90. The Labute approximate surface area is 121 Å². The summed E-state index contributed by atoms with van der Waals surface area (Å²) >= 11 is 0. The molecule has 0 aliphatic rings. The molecule has 0 saturated heterocycles. The molecule has 0 aliphatic heterocycles. The average Bonchev–Trinajstić information content (AvgIpc) is 2.93. The minimum atomic E-state index is 0.474. The molecule has 2 aromatic rings. The third-order valence-electron chi connectivity index (χ3n) is 3.28. The van der Waals surface area contributed by atoms with Crippen LogP contribution in [0, 0.1) is 0 Å². The molecule has 1 aromatic heterocycles. The zero-order chi connectivity index (χ0) is 14.2. The van der Waals surface area contributed by atoms with Gasteiger partial charge in [0.25, 0.3) is 0 Å². The quantitative estimate of drug-likeness (QED) is 0.740. The number of aryl methyl sites for hydroxylation is 1. The monoisotopic (exact) mass is 273 g/mol. The van der Waals surface area contributed by atoms with E-state index in [1.807, 2.05) is 18.2 Å². The lowest BCUT2D eigenvalue weighted by Gasteiger charge is -2.07. The smallest absolute Gasteiger partial charge is 0.146 e. The molecule has 0 unspecified atom stereocenters. The van der Waals surface area contributed by atoms with E-state index >= 15 is 0 Å². The summed E-state index contributed by atoms with van der Waals surface area (Å²) in [4.78, 5) is 0. The van der Waals surface area contributed by atoms with Crippen LogP contribution in [0.2, 0.25) is 0 Å². The fraction of sp³-hybridized carbons (Fsp3) is 0.412. The molecule has 108 valence electrons. The Morgan fingerprint density at radius 2 is 1.90 bits per heavy atom. The lowest BCUT2D eigenvalue weighted by atomic mass is 10.2. The fourth-order valence-corrected chi connectivity index (χ4v) is 2.02. The SMILES string of the molecule is CCCNCc1ccoc1COc1ccc(CC)cc1. The van der Waals surface area contributed by atoms with E-state index in [0.717, 1.165) is 37.4 Å². The van der Waals surface area contributed by atoms with Gasteiger partial charge in [-0.25, -0.2) is 0 Å². The number of furan rings is 1. The van der Waals surface area contributed by atoms with Gasteiger partial charge in [-0.2, -0.15) is 0 Å². The van der Waals surface area contributed by atoms with E-state index in [1.54, 1.807) is 6.26 Å². The average molecular weight is 273 g/mol. The Balaban J connectivity index is 1.88. The summed E-state index contributed by atoms with van der Waals surface area (Å²) < 4.78 is 11.3. The van der Waals surface area contributed by atoms with Gasteiger partial charge >= 0.3 is 0 Å². The molecule has 0 atom stereocenters. The summed E-state index contributed by atoms with van der Waals surface area (Å²) in [5, 5.41) is 3.38. The number of hydrogen-bond donors (Lipinski definition) is 1. The Bertz CT molecular complexity index is 502. The maximum Gasteiger partial charge on any atom is 0.146 e. The predicted molar refractivity (Wildman–Crippen MR) is 80.9 cm³/mol. The standard InChI is InChI=1S/C17H23NO2/c1-3-10-18-12-15-9-11-19-17(15)13-20-16-7-5-14(4-2)6-8-16/h5-9,11,18H,3-4,10,12-13H2,1-2H3. The Hall–Kier alpha value is -1.74. The predicted octanol–water partition coefficient (Wildman–Crippen LogP) is 3.92. The van der Waals surface area contributed by atoms with Crippen molar-refractivity contribution < 1.29 is 9.15 Å². The van der Waals surface area contributed by atoms with E-state index in [0.29, 0.717) is 6.61 Å². The van der Waals surface area contributed by atoms with Crippen LogP contribution in [0.25, 0.3) is 0 Å². The molecule has 0 fully saturated rings. The maximum atomic E-state index is 5.78. The summed E-state index contributed by atoms with van der Waals surface area (Å²) in [5.41, 5.74) is 2.49. The Morgan fingerprint density at radius 1 is 1.10 bits per heavy atom. The van der Waals surface area contributed by atoms with Crippen molar-refractivity contribution in [1.29, 1.82) is 0 Å². The highest BCUT2D eigenvalue weighted by molar-refractivity contribution is 5.27. The van der Waals surface area contributed by atoms with Gasteiger partial charge in [-0.05, 0) is 43.1 Å². The lowest BCUT2D eigenvalue weighted by molar-refractivity contribution is 0.268. The lowest BCUT2D eigenvalue weighted by Crippen LogP contribution is -2.14. The van der Waals surface area contributed by atoms with Crippen molar-refractivity contribution in [2.45, 2.75) is 39.8 Å². The van der Waals surface area contributed by atoms with Gasteiger partial charge < -0.3 is 14.5 Å². The van der Waals surface area contributed by atoms with Gasteiger partial charge in [-0.1, -0.05) is 26.0 Å². The maximum absolute atomic E-state index is 5.78. The minimum Gasteiger partial charge on any atom is -0.486 e. The molecule has 0 spiro atoms. The summed E-state index contributed by atoms with van der Waals surface area (Å²) in [5.74, 6) is 1.78. The van der Waals surface area contributed by atoms with Crippen LogP contribution >= 0.6 is 0 Å². The van der Waals surface area contributed by atoms with E-state index in [4.69, 9.17) is 9.15 Å². The molecule has 0 saturated carbocycles. The van der Waals surface area contributed by atoms with E-state index in [1.165, 1.54) is 11.1 Å². The number of benzene rings is 1. The summed E-state index contributed by atoms with van der Waals surface area (Å²) in [6, 6.07) is 10.2. The summed E-state index contributed by atoms with van der Waals surface area (Å²) in [6.45, 7) is 6.63. The van der Waals surface area contributed by atoms with Gasteiger partial charge in [-0.3, -0.25) is 0 Å². The van der Waals surface area contributed by atoms with Gasteiger partial charge in [0, 0.05) is 12.1 Å². The van der Waals surface area contributed by atoms with Gasteiger partial charge in [-0.15, -0.1) is 0 Å². The molecular weight excluding hydrogens is 250 g/mol. The van der Waals surface area contributed by atoms with Crippen molar-refractivity contribution in [3.8, 4) is 5.75 Å². The topological polar surface area (TPSA) is 34.4 Å². The molecule has 0 radical (unpaired) electrons. The van der Waals surface area contributed by atoms with Crippen LogP contribution in [-0.4, -0.2) is 6.54 Å². The van der Waals surface area contributed by atoms with E-state index in [2.05, 4.69) is 31.3 Å². The van der Waals surface area contributed by atoms with Crippen LogP contribution < -0.4 is 10.1 Å². The van der Waals surface area contributed by atoms with Crippen LogP contribution in [0.1, 0.15) is 37.2 Å².